The summed E-state index contributed by atoms with van der Waals surface area (Å²) in [5.74, 6) is -0.288. The van der Waals surface area contributed by atoms with E-state index in [1.54, 1.807) is 13.1 Å². The summed E-state index contributed by atoms with van der Waals surface area (Å²) in [6.45, 7) is 2.02. The van der Waals surface area contributed by atoms with Crippen molar-refractivity contribution in [2.75, 3.05) is 11.9 Å². The maximum Gasteiger partial charge on any atom is 0.351 e. The molecule has 0 radical (unpaired) electrons. The van der Waals surface area contributed by atoms with Gasteiger partial charge in [-0.1, -0.05) is 18.5 Å². The molecule has 0 bridgehead atoms. The third-order valence-electron chi connectivity index (χ3n) is 2.33. The van der Waals surface area contributed by atoms with Gasteiger partial charge in [0, 0.05) is 11.5 Å². The summed E-state index contributed by atoms with van der Waals surface area (Å²) in [5, 5.41) is 0.461. The molecule has 0 aliphatic heterocycles. The molecule has 0 heterocycles. The van der Waals surface area contributed by atoms with Gasteiger partial charge in [0.1, 0.15) is 0 Å². The molecule has 0 spiro atoms. The van der Waals surface area contributed by atoms with Crippen LogP contribution in [0.1, 0.15) is 12.5 Å². The van der Waals surface area contributed by atoms with Crippen LogP contribution in [-0.2, 0) is 6.42 Å². The molecule has 7 heteroatoms. The summed E-state index contributed by atoms with van der Waals surface area (Å²) in [6, 6.07) is 3.13. The Kier molecular flexibility index (Phi) is 4.98. The number of hydrogen-bond acceptors (Lipinski definition) is 1. The first-order valence-corrected chi connectivity index (χ1v) is 6.39. The van der Waals surface area contributed by atoms with Crippen LogP contribution < -0.4 is 16.4 Å². The van der Waals surface area contributed by atoms with Gasteiger partial charge in [-0.15, -0.1) is 0 Å². The topological polar surface area (TPSA) is 84.7 Å². The molecule has 1 rings (SSSR count). The number of guanidine groups is 1. The summed E-state index contributed by atoms with van der Waals surface area (Å²) in [7, 11) is 1.55. The SMILES string of the molecule is CCc1cc(Cl)c(N(C)C(=O)N=C(N)N)c(Br)c1. The fraction of sp³-hybridized carbons (Fsp3) is 0.273. The number of benzene rings is 1. The first kappa shape index (κ1) is 14.8. The number of carbonyl (C=O) groups is 1. The maximum absolute atomic E-state index is 11.7. The van der Waals surface area contributed by atoms with Crippen LogP contribution in [0.15, 0.2) is 21.6 Å². The number of nitrogens with zero attached hydrogens (tertiary/aromatic N) is 2. The van der Waals surface area contributed by atoms with Gasteiger partial charge in [0.05, 0.1) is 10.7 Å². The van der Waals surface area contributed by atoms with Crippen molar-refractivity contribution < 1.29 is 4.79 Å². The minimum atomic E-state index is -0.582. The van der Waals surface area contributed by atoms with Crippen LogP contribution >= 0.6 is 27.5 Å². The van der Waals surface area contributed by atoms with E-state index in [0.29, 0.717) is 15.2 Å². The van der Waals surface area contributed by atoms with Crippen LogP contribution in [0.25, 0.3) is 0 Å². The largest absolute Gasteiger partial charge is 0.370 e. The molecule has 98 valence electrons. The molecular weight excluding hydrogens is 320 g/mol. The van der Waals surface area contributed by atoms with Gasteiger partial charge in [-0.3, -0.25) is 4.90 Å². The maximum atomic E-state index is 11.7. The van der Waals surface area contributed by atoms with E-state index < -0.39 is 6.03 Å². The molecule has 4 N–H and O–H groups in total. The predicted molar refractivity (Wildman–Crippen MR) is 78.1 cm³/mol. The highest BCUT2D eigenvalue weighted by molar-refractivity contribution is 9.10. The highest BCUT2D eigenvalue weighted by Gasteiger charge is 2.17. The number of halogens is 2. The van der Waals surface area contributed by atoms with E-state index in [4.69, 9.17) is 23.1 Å². The third-order valence-corrected chi connectivity index (χ3v) is 3.22. The van der Waals surface area contributed by atoms with Gasteiger partial charge in [-0.25, -0.2) is 4.79 Å². The van der Waals surface area contributed by atoms with E-state index in [1.165, 1.54) is 4.90 Å². The summed E-state index contributed by atoms with van der Waals surface area (Å²) >= 11 is 9.54. The quantitative estimate of drug-likeness (QED) is 0.644. The normalized spacial score (nSPS) is 10.0. The summed E-state index contributed by atoms with van der Waals surface area (Å²) in [5.41, 5.74) is 11.9. The number of rotatable bonds is 2. The van der Waals surface area contributed by atoms with Crippen LogP contribution in [-0.4, -0.2) is 19.0 Å². The zero-order valence-electron chi connectivity index (χ0n) is 10.1. The molecule has 0 fully saturated rings. The average Bonchev–Trinajstić information content (AvgIpc) is 2.26. The van der Waals surface area contributed by atoms with Crippen LogP contribution in [0.2, 0.25) is 5.02 Å². The van der Waals surface area contributed by atoms with E-state index in [1.807, 2.05) is 13.0 Å². The Morgan fingerprint density at radius 1 is 1.50 bits per heavy atom. The first-order valence-electron chi connectivity index (χ1n) is 5.22. The lowest BCUT2D eigenvalue weighted by Gasteiger charge is -2.18. The molecule has 0 aliphatic carbocycles. The number of aliphatic imine (C=N–C) groups is 1. The van der Waals surface area contributed by atoms with Gasteiger partial charge in [0.2, 0.25) is 0 Å². The Morgan fingerprint density at radius 2 is 2.11 bits per heavy atom. The Balaban J connectivity index is 3.18. The Hall–Kier alpha value is -1.27. The number of hydrogen-bond donors (Lipinski definition) is 2. The second-order valence-electron chi connectivity index (χ2n) is 3.64. The fourth-order valence-electron chi connectivity index (χ4n) is 1.42. The molecule has 0 aromatic heterocycles. The summed E-state index contributed by atoms with van der Waals surface area (Å²) < 4.78 is 0.716. The Labute approximate surface area is 119 Å². The van der Waals surface area contributed by atoms with Crippen molar-refractivity contribution in [2.45, 2.75) is 13.3 Å². The minimum absolute atomic E-state index is 0.288. The molecule has 0 unspecified atom stereocenters. The number of aryl methyl sites for hydroxylation is 1. The van der Waals surface area contributed by atoms with E-state index >= 15 is 0 Å². The van der Waals surface area contributed by atoms with Gasteiger partial charge in [-0.05, 0) is 40.0 Å². The van der Waals surface area contributed by atoms with Crippen molar-refractivity contribution in [1.82, 2.24) is 0 Å². The van der Waals surface area contributed by atoms with Crippen molar-refractivity contribution >= 4 is 45.2 Å². The lowest BCUT2D eigenvalue weighted by atomic mass is 10.1. The number of carbonyl (C=O) groups excluding carboxylic acids is 1. The minimum Gasteiger partial charge on any atom is -0.370 e. The smallest absolute Gasteiger partial charge is 0.351 e. The molecule has 1 aromatic carbocycles. The molecule has 1 aromatic rings. The average molecular weight is 334 g/mol. The summed E-state index contributed by atoms with van der Waals surface area (Å²) in [4.78, 5) is 16.5. The van der Waals surface area contributed by atoms with Crippen LogP contribution in [0.3, 0.4) is 0 Å². The van der Waals surface area contributed by atoms with Crippen molar-refractivity contribution in [3.63, 3.8) is 0 Å². The number of nitrogens with two attached hydrogens (primary N) is 2. The fourth-order valence-corrected chi connectivity index (χ4v) is 2.68. The third kappa shape index (κ3) is 3.36. The lowest BCUT2D eigenvalue weighted by Crippen LogP contribution is -2.30. The van der Waals surface area contributed by atoms with Gasteiger partial charge in [0.15, 0.2) is 5.96 Å². The molecule has 0 saturated carbocycles. The summed E-state index contributed by atoms with van der Waals surface area (Å²) in [6.07, 6.45) is 0.851. The molecule has 18 heavy (non-hydrogen) atoms. The monoisotopic (exact) mass is 332 g/mol. The second-order valence-corrected chi connectivity index (χ2v) is 4.90. The number of urea groups is 1. The van der Waals surface area contributed by atoms with Crippen LogP contribution in [0.4, 0.5) is 10.5 Å². The molecule has 0 aliphatic rings. The Bertz CT molecular complexity index is 477. The molecule has 0 saturated heterocycles. The Morgan fingerprint density at radius 3 is 2.56 bits per heavy atom. The predicted octanol–water partition coefficient (Wildman–Crippen LogP) is 2.49. The van der Waals surface area contributed by atoms with E-state index in [-0.39, 0.29) is 5.96 Å². The standard InChI is InChI=1S/C11H14BrClN4O/c1-3-6-4-7(12)9(8(13)5-6)17(2)11(18)16-10(14)15/h4-5H,3H2,1-2H3,(H4,14,15,16,18). The highest BCUT2D eigenvalue weighted by Crippen LogP contribution is 2.35. The molecular formula is C11H14BrClN4O. The van der Waals surface area contributed by atoms with Crippen molar-refractivity contribution in [2.24, 2.45) is 16.5 Å². The van der Waals surface area contributed by atoms with Crippen LogP contribution in [0.5, 0.6) is 0 Å². The number of amides is 2. The zero-order valence-corrected chi connectivity index (χ0v) is 12.4. The van der Waals surface area contributed by atoms with Gasteiger partial charge >= 0.3 is 6.03 Å². The molecule has 0 atom stereocenters. The van der Waals surface area contributed by atoms with Crippen LogP contribution in [0, 0.1) is 0 Å². The van der Waals surface area contributed by atoms with Crippen molar-refractivity contribution in [3.8, 4) is 0 Å². The number of anilines is 1. The van der Waals surface area contributed by atoms with Crippen molar-refractivity contribution in [3.05, 3.63) is 27.2 Å². The van der Waals surface area contributed by atoms with E-state index in [9.17, 15) is 4.79 Å². The second kappa shape index (κ2) is 6.06. The van der Waals surface area contributed by atoms with Crippen molar-refractivity contribution in [1.29, 1.82) is 0 Å². The molecule has 2 amide bonds. The lowest BCUT2D eigenvalue weighted by molar-refractivity contribution is 0.255. The molecule has 5 nitrogen and oxygen atoms in total. The van der Waals surface area contributed by atoms with E-state index in [2.05, 4.69) is 20.9 Å². The first-order chi connectivity index (χ1) is 8.36. The van der Waals surface area contributed by atoms with E-state index in [0.717, 1.165) is 12.0 Å². The zero-order chi connectivity index (χ0) is 13.9. The highest BCUT2D eigenvalue weighted by atomic mass is 79.9. The van der Waals surface area contributed by atoms with Gasteiger partial charge < -0.3 is 11.5 Å². The van der Waals surface area contributed by atoms with Gasteiger partial charge in [0.25, 0.3) is 0 Å². The van der Waals surface area contributed by atoms with Gasteiger partial charge in [-0.2, -0.15) is 4.99 Å².